The van der Waals surface area contributed by atoms with Crippen molar-refractivity contribution in [2.24, 2.45) is 5.92 Å². The first-order valence-electron chi connectivity index (χ1n) is 6.38. The first kappa shape index (κ1) is 10.8. The van der Waals surface area contributed by atoms with Crippen molar-refractivity contribution in [3.8, 4) is 0 Å². The van der Waals surface area contributed by atoms with Crippen molar-refractivity contribution in [3.63, 3.8) is 0 Å². The smallest absolute Gasteiger partial charge is 0.232 e. The molecule has 0 aliphatic carbocycles. The molecule has 1 aromatic carbocycles. The van der Waals surface area contributed by atoms with Gasteiger partial charge < -0.3 is 10.2 Å². The summed E-state index contributed by atoms with van der Waals surface area (Å²) in [5, 5.41) is 3.17. The van der Waals surface area contributed by atoms with E-state index in [0.717, 1.165) is 32.5 Å². The van der Waals surface area contributed by atoms with Crippen LogP contribution in [-0.2, 0) is 11.2 Å². The van der Waals surface area contributed by atoms with Crippen LogP contribution in [0.2, 0.25) is 0 Å². The molecule has 0 atom stereocenters. The Balaban J connectivity index is 1.95. The summed E-state index contributed by atoms with van der Waals surface area (Å²) < 4.78 is 0. The van der Waals surface area contributed by atoms with Gasteiger partial charge in [0, 0.05) is 25.3 Å². The average Bonchev–Trinajstić information content (AvgIpc) is 2.26. The number of fused-ring (bicyclic) bond motifs is 1. The molecule has 0 bridgehead atoms. The van der Waals surface area contributed by atoms with E-state index in [1.165, 1.54) is 16.8 Å². The van der Waals surface area contributed by atoms with E-state index >= 15 is 0 Å². The summed E-state index contributed by atoms with van der Waals surface area (Å²) in [6, 6.07) is 6.34. The van der Waals surface area contributed by atoms with Crippen LogP contribution < -0.4 is 10.2 Å². The number of nitrogens with one attached hydrogen (secondary N) is 1. The van der Waals surface area contributed by atoms with Gasteiger partial charge in [-0.25, -0.2) is 0 Å². The summed E-state index contributed by atoms with van der Waals surface area (Å²) in [7, 11) is 0. The number of para-hydroxylation sites is 1. The highest BCUT2D eigenvalue weighted by molar-refractivity contribution is 5.97. The Hall–Kier alpha value is -1.35. The fourth-order valence-electron chi connectivity index (χ4n) is 2.75. The van der Waals surface area contributed by atoms with Crippen LogP contribution in [0.25, 0.3) is 0 Å². The molecule has 0 saturated carbocycles. The largest absolute Gasteiger partial charge is 0.315 e. The molecule has 0 unspecified atom stereocenters. The summed E-state index contributed by atoms with van der Waals surface area (Å²) in [5.74, 6) is 0.500. The van der Waals surface area contributed by atoms with Crippen LogP contribution in [0.1, 0.15) is 17.5 Å². The Morgan fingerprint density at radius 1 is 1.41 bits per heavy atom. The number of carbonyl (C=O) groups excluding carboxylic acids is 1. The first-order valence-corrected chi connectivity index (χ1v) is 6.38. The van der Waals surface area contributed by atoms with Crippen LogP contribution in [0.4, 0.5) is 5.69 Å². The van der Waals surface area contributed by atoms with Crippen LogP contribution in [0, 0.1) is 12.8 Å². The lowest BCUT2D eigenvalue weighted by Crippen LogP contribution is -2.53. The minimum absolute atomic E-state index is 0.195. The van der Waals surface area contributed by atoms with Gasteiger partial charge in [-0.2, -0.15) is 0 Å². The van der Waals surface area contributed by atoms with E-state index in [4.69, 9.17) is 0 Å². The number of carbonyl (C=O) groups is 1. The Kier molecular flexibility index (Phi) is 2.63. The van der Waals surface area contributed by atoms with E-state index in [0.29, 0.717) is 5.91 Å². The molecule has 2 aliphatic heterocycles. The fourth-order valence-corrected chi connectivity index (χ4v) is 2.75. The summed E-state index contributed by atoms with van der Waals surface area (Å²) in [6.07, 6.45) is 2.19. The number of hydrogen-bond acceptors (Lipinski definition) is 2. The standard InChI is InChI=1S/C14H18N2O/c1-10-4-2-5-11-6-3-7-16(13(10)11)14(17)12-8-15-9-12/h2,4-5,12,15H,3,6-9H2,1H3. The summed E-state index contributed by atoms with van der Waals surface area (Å²) >= 11 is 0. The minimum Gasteiger partial charge on any atom is -0.315 e. The van der Waals surface area contributed by atoms with Gasteiger partial charge in [-0.15, -0.1) is 0 Å². The highest BCUT2D eigenvalue weighted by Gasteiger charge is 2.32. The van der Waals surface area contributed by atoms with Crippen molar-refractivity contribution in [1.82, 2.24) is 5.32 Å². The second-order valence-corrected chi connectivity index (χ2v) is 5.03. The van der Waals surface area contributed by atoms with Gasteiger partial charge in [0.15, 0.2) is 0 Å². The zero-order chi connectivity index (χ0) is 11.8. The topological polar surface area (TPSA) is 32.3 Å². The van der Waals surface area contributed by atoms with Crippen LogP contribution in [0.5, 0.6) is 0 Å². The number of rotatable bonds is 1. The molecule has 1 aromatic rings. The first-order chi connectivity index (χ1) is 8.27. The molecule has 3 heteroatoms. The molecule has 3 rings (SSSR count). The third-order valence-electron chi connectivity index (χ3n) is 3.82. The van der Waals surface area contributed by atoms with Gasteiger partial charge in [0.05, 0.1) is 5.92 Å². The Morgan fingerprint density at radius 3 is 2.94 bits per heavy atom. The monoisotopic (exact) mass is 230 g/mol. The molecular weight excluding hydrogens is 212 g/mol. The number of benzene rings is 1. The Morgan fingerprint density at radius 2 is 2.24 bits per heavy atom. The highest BCUT2D eigenvalue weighted by Crippen LogP contribution is 2.31. The third-order valence-corrected chi connectivity index (χ3v) is 3.82. The Labute approximate surface area is 102 Å². The van der Waals surface area contributed by atoms with Gasteiger partial charge >= 0.3 is 0 Å². The van der Waals surface area contributed by atoms with Crippen molar-refractivity contribution >= 4 is 11.6 Å². The number of aryl methyl sites for hydroxylation is 2. The van der Waals surface area contributed by atoms with Crippen molar-refractivity contribution in [2.45, 2.75) is 19.8 Å². The number of anilines is 1. The molecule has 0 radical (unpaired) electrons. The lowest BCUT2D eigenvalue weighted by molar-refractivity contribution is -0.123. The minimum atomic E-state index is 0.195. The van der Waals surface area contributed by atoms with E-state index in [1.54, 1.807) is 0 Å². The van der Waals surface area contributed by atoms with E-state index < -0.39 is 0 Å². The summed E-state index contributed by atoms with van der Waals surface area (Å²) in [4.78, 5) is 14.4. The van der Waals surface area contributed by atoms with Crippen LogP contribution in [-0.4, -0.2) is 25.5 Å². The molecule has 90 valence electrons. The quantitative estimate of drug-likeness (QED) is 0.793. The lowest BCUT2D eigenvalue weighted by Gasteiger charge is -2.36. The molecule has 1 saturated heterocycles. The van der Waals surface area contributed by atoms with Crippen molar-refractivity contribution in [3.05, 3.63) is 29.3 Å². The molecule has 1 amide bonds. The zero-order valence-corrected chi connectivity index (χ0v) is 10.2. The number of amides is 1. The van der Waals surface area contributed by atoms with E-state index in [2.05, 4.69) is 30.4 Å². The molecule has 0 aromatic heterocycles. The summed E-state index contributed by atoms with van der Waals surface area (Å²) in [6.45, 7) is 4.67. The average molecular weight is 230 g/mol. The van der Waals surface area contributed by atoms with Crippen LogP contribution in [0.3, 0.4) is 0 Å². The predicted molar refractivity (Wildman–Crippen MR) is 68.2 cm³/mol. The van der Waals surface area contributed by atoms with Gasteiger partial charge in [-0.05, 0) is 30.9 Å². The maximum absolute atomic E-state index is 12.4. The van der Waals surface area contributed by atoms with E-state index in [-0.39, 0.29) is 5.92 Å². The van der Waals surface area contributed by atoms with Crippen LogP contribution >= 0.6 is 0 Å². The molecule has 3 nitrogen and oxygen atoms in total. The lowest BCUT2D eigenvalue weighted by atomic mass is 9.95. The molecule has 2 aliphatic rings. The zero-order valence-electron chi connectivity index (χ0n) is 10.2. The second-order valence-electron chi connectivity index (χ2n) is 5.03. The molecule has 1 fully saturated rings. The SMILES string of the molecule is Cc1cccc2c1N(C(=O)C1CNC1)CCC2. The molecule has 17 heavy (non-hydrogen) atoms. The number of hydrogen-bond donors (Lipinski definition) is 1. The normalized spacial score (nSPS) is 19.7. The molecule has 0 spiro atoms. The van der Waals surface area contributed by atoms with Crippen molar-refractivity contribution in [2.75, 3.05) is 24.5 Å². The van der Waals surface area contributed by atoms with Gasteiger partial charge in [0.1, 0.15) is 0 Å². The molecule has 2 heterocycles. The van der Waals surface area contributed by atoms with E-state index in [1.807, 2.05) is 4.90 Å². The van der Waals surface area contributed by atoms with Crippen LogP contribution in [0.15, 0.2) is 18.2 Å². The van der Waals surface area contributed by atoms with Gasteiger partial charge in [0.25, 0.3) is 0 Å². The molecule has 1 N–H and O–H groups in total. The van der Waals surface area contributed by atoms with Gasteiger partial charge in [0.2, 0.25) is 5.91 Å². The highest BCUT2D eigenvalue weighted by atomic mass is 16.2. The van der Waals surface area contributed by atoms with Gasteiger partial charge in [-0.3, -0.25) is 4.79 Å². The fraction of sp³-hybridized carbons (Fsp3) is 0.500. The van der Waals surface area contributed by atoms with E-state index in [9.17, 15) is 4.79 Å². The predicted octanol–water partition coefficient (Wildman–Crippen LogP) is 1.49. The second kappa shape index (κ2) is 4.15. The van der Waals surface area contributed by atoms with Crippen molar-refractivity contribution < 1.29 is 4.79 Å². The number of nitrogens with zero attached hydrogens (tertiary/aromatic N) is 1. The maximum atomic E-state index is 12.4. The summed E-state index contributed by atoms with van der Waals surface area (Å²) in [5.41, 5.74) is 3.73. The van der Waals surface area contributed by atoms with Gasteiger partial charge in [-0.1, -0.05) is 18.2 Å². The maximum Gasteiger partial charge on any atom is 0.232 e. The Bertz CT molecular complexity index is 452. The van der Waals surface area contributed by atoms with Crippen molar-refractivity contribution in [1.29, 1.82) is 0 Å². The molecular formula is C14H18N2O. The third kappa shape index (κ3) is 1.75.